The first-order valence-electron chi connectivity index (χ1n) is 9.78. The molecule has 1 aromatic rings. The predicted octanol–water partition coefficient (Wildman–Crippen LogP) is 2.37. The third kappa shape index (κ3) is 4.05. The van der Waals surface area contributed by atoms with Gasteiger partial charge in [-0.1, -0.05) is 26.3 Å². The number of hydrogen-bond donors (Lipinski definition) is 1. The van der Waals surface area contributed by atoms with Crippen molar-refractivity contribution in [2.75, 3.05) is 26.2 Å². The van der Waals surface area contributed by atoms with Crippen LogP contribution in [0.5, 0.6) is 0 Å². The number of likely N-dealkylation sites (tertiary alicyclic amines) is 1. The maximum absolute atomic E-state index is 13.1. The normalized spacial score (nSPS) is 24.0. The number of nitrogens with two attached hydrogens (primary N) is 1. The van der Waals surface area contributed by atoms with Crippen LogP contribution in [0.25, 0.3) is 0 Å². The second-order valence-corrected chi connectivity index (χ2v) is 10.5. The number of carbonyl (C=O) groups excluding carboxylic acids is 1. The van der Waals surface area contributed by atoms with Crippen LogP contribution in [-0.4, -0.2) is 55.8 Å². The van der Waals surface area contributed by atoms with Crippen LogP contribution in [-0.2, 0) is 10.0 Å². The van der Waals surface area contributed by atoms with Crippen molar-refractivity contribution in [2.45, 2.75) is 57.4 Å². The fraction of sp³-hybridized carbons (Fsp3) is 0.650. The first kappa shape index (κ1) is 20.3. The second kappa shape index (κ2) is 7.53. The minimum absolute atomic E-state index is 0.0634. The van der Waals surface area contributed by atoms with Gasteiger partial charge in [-0.25, -0.2) is 8.42 Å². The summed E-state index contributed by atoms with van der Waals surface area (Å²) in [5.74, 6) is -0.108. The van der Waals surface area contributed by atoms with E-state index in [4.69, 9.17) is 5.73 Å². The minimum Gasteiger partial charge on any atom is -0.338 e. The van der Waals surface area contributed by atoms with E-state index in [0.717, 1.165) is 31.2 Å². The van der Waals surface area contributed by atoms with Crippen LogP contribution in [0.15, 0.2) is 23.1 Å². The molecular formula is C20H31N3O3S. The van der Waals surface area contributed by atoms with Gasteiger partial charge < -0.3 is 10.6 Å². The standard InChI is InChI=1S/C20H31N3O3S/c1-15-7-8-16(27(25,26)23-10-5-4-6-11-23)13-17(15)19(24)22-12-9-18(21)20(2,3)14-22/h7-8,13,18H,4-6,9-12,14,21H2,1-3H3. The summed E-state index contributed by atoms with van der Waals surface area (Å²) in [6, 6.07) is 4.98. The molecule has 2 saturated heterocycles. The Labute approximate surface area is 162 Å². The van der Waals surface area contributed by atoms with Gasteiger partial charge in [-0.3, -0.25) is 4.79 Å². The summed E-state index contributed by atoms with van der Waals surface area (Å²) >= 11 is 0. The van der Waals surface area contributed by atoms with Crippen molar-refractivity contribution in [2.24, 2.45) is 11.1 Å². The van der Waals surface area contributed by atoms with Gasteiger partial charge in [0.1, 0.15) is 0 Å². The number of piperidine rings is 2. The van der Waals surface area contributed by atoms with Crippen molar-refractivity contribution >= 4 is 15.9 Å². The molecule has 2 aliphatic heterocycles. The second-order valence-electron chi connectivity index (χ2n) is 8.55. The fourth-order valence-electron chi connectivity index (χ4n) is 3.96. The van der Waals surface area contributed by atoms with E-state index < -0.39 is 10.0 Å². The lowest BCUT2D eigenvalue weighted by Gasteiger charge is -2.42. The number of nitrogens with zero attached hydrogens (tertiary/aromatic N) is 2. The Balaban J connectivity index is 1.88. The predicted molar refractivity (Wildman–Crippen MR) is 106 cm³/mol. The van der Waals surface area contributed by atoms with Crippen LogP contribution >= 0.6 is 0 Å². The molecule has 0 aliphatic carbocycles. The zero-order valence-electron chi connectivity index (χ0n) is 16.6. The van der Waals surface area contributed by atoms with Crippen LogP contribution in [0.3, 0.4) is 0 Å². The Morgan fingerprint density at radius 2 is 1.81 bits per heavy atom. The summed E-state index contributed by atoms with van der Waals surface area (Å²) in [7, 11) is -3.55. The highest BCUT2D eigenvalue weighted by atomic mass is 32.2. The molecule has 150 valence electrons. The summed E-state index contributed by atoms with van der Waals surface area (Å²) in [6.45, 7) is 8.28. The molecule has 6 nitrogen and oxygen atoms in total. The summed E-state index contributed by atoms with van der Waals surface area (Å²) in [5, 5.41) is 0. The van der Waals surface area contributed by atoms with Gasteiger partial charge in [0, 0.05) is 37.8 Å². The SMILES string of the molecule is Cc1ccc(S(=O)(=O)N2CCCCC2)cc1C(=O)N1CCC(N)C(C)(C)C1. The van der Waals surface area contributed by atoms with Gasteiger partial charge in [-0.05, 0) is 49.3 Å². The molecule has 2 fully saturated rings. The van der Waals surface area contributed by atoms with Crippen molar-refractivity contribution in [3.05, 3.63) is 29.3 Å². The molecule has 3 rings (SSSR count). The zero-order chi connectivity index (χ0) is 19.8. The van der Waals surface area contributed by atoms with Crippen molar-refractivity contribution in [1.82, 2.24) is 9.21 Å². The lowest BCUT2D eigenvalue weighted by atomic mass is 9.79. The van der Waals surface area contributed by atoms with Crippen molar-refractivity contribution in [3.63, 3.8) is 0 Å². The quantitative estimate of drug-likeness (QED) is 0.854. The third-order valence-corrected chi connectivity index (χ3v) is 7.89. The topological polar surface area (TPSA) is 83.7 Å². The summed E-state index contributed by atoms with van der Waals surface area (Å²) in [5.41, 5.74) is 7.30. The third-order valence-electron chi connectivity index (χ3n) is 5.99. The van der Waals surface area contributed by atoms with Crippen molar-refractivity contribution in [1.29, 1.82) is 0 Å². The molecule has 2 heterocycles. The van der Waals surface area contributed by atoms with E-state index in [1.54, 1.807) is 22.5 Å². The van der Waals surface area contributed by atoms with Gasteiger partial charge in [0.25, 0.3) is 5.91 Å². The molecule has 0 spiro atoms. The minimum atomic E-state index is -3.55. The van der Waals surface area contributed by atoms with Crippen molar-refractivity contribution < 1.29 is 13.2 Å². The Hall–Kier alpha value is -1.44. The number of aryl methyl sites for hydroxylation is 1. The summed E-state index contributed by atoms with van der Waals surface area (Å²) in [6.07, 6.45) is 3.60. The summed E-state index contributed by atoms with van der Waals surface area (Å²) < 4.78 is 27.5. The number of carbonyl (C=O) groups is 1. The largest absolute Gasteiger partial charge is 0.338 e. The van der Waals surface area contributed by atoms with Gasteiger partial charge in [-0.15, -0.1) is 0 Å². The Morgan fingerprint density at radius 3 is 2.44 bits per heavy atom. The maximum atomic E-state index is 13.1. The van der Waals surface area contributed by atoms with Crippen LogP contribution in [0.2, 0.25) is 0 Å². The molecule has 1 amide bonds. The van der Waals surface area contributed by atoms with Crippen LogP contribution in [0.4, 0.5) is 0 Å². The van der Waals surface area contributed by atoms with E-state index in [0.29, 0.717) is 31.7 Å². The van der Waals surface area contributed by atoms with E-state index in [-0.39, 0.29) is 22.3 Å². The van der Waals surface area contributed by atoms with Gasteiger partial charge in [0.2, 0.25) is 10.0 Å². The van der Waals surface area contributed by atoms with E-state index in [2.05, 4.69) is 13.8 Å². The molecule has 7 heteroatoms. The van der Waals surface area contributed by atoms with Gasteiger partial charge in [-0.2, -0.15) is 4.31 Å². The highest BCUT2D eigenvalue weighted by Gasteiger charge is 2.36. The molecule has 27 heavy (non-hydrogen) atoms. The molecule has 2 N–H and O–H groups in total. The lowest BCUT2D eigenvalue weighted by Crippen LogP contribution is -2.54. The molecule has 0 radical (unpaired) electrons. The molecule has 0 saturated carbocycles. The molecule has 0 bridgehead atoms. The first-order valence-corrected chi connectivity index (χ1v) is 11.2. The van der Waals surface area contributed by atoms with Crippen LogP contribution in [0.1, 0.15) is 55.5 Å². The number of amides is 1. The smallest absolute Gasteiger partial charge is 0.254 e. The Bertz CT molecular complexity index is 814. The van der Waals surface area contributed by atoms with Crippen LogP contribution in [0, 0.1) is 12.3 Å². The van der Waals surface area contributed by atoms with Crippen molar-refractivity contribution in [3.8, 4) is 0 Å². The fourth-order valence-corrected chi connectivity index (χ4v) is 5.51. The van der Waals surface area contributed by atoms with E-state index in [9.17, 15) is 13.2 Å². The van der Waals surface area contributed by atoms with E-state index >= 15 is 0 Å². The Kier molecular flexibility index (Phi) is 5.66. The summed E-state index contributed by atoms with van der Waals surface area (Å²) in [4.78, 5) is 15.2. The molecule has 1 aromatic carbocycles. The van der Waals surface area contributed by atoms with Gasteiger partial charge in [0.05, 0.1) is 4.90 Å². The Morgan fingerprint density at radius 1 is 1.15 bits per heavy atom. The highest BCUT2D eigenvalue weighted by molar-refractivity contribution is 7.89. The highest BCUT2D eigenvalue weighted by Crippen LogP contribution is 2.30. The maximum Gasteiger partial charge on any atom is 0.254 e. The average molecular weight is 394 g/mol. The number of benzene rings is 1. The van der Waals surface area contributed by atoms with Gasteiger partial charge >= 0.3 is 0 Å². The number of rotatable bonds is 3. The molecule has 2 aliphatic rings. The molecule has 1 unspecified atom stereocenters. The first-order chi connectivity index (χ1) is 12.6. The average Bonchev–Trinajstić information content (AvgIpc) is 2.64. The number of hydrogen-bond acceptors (Lipinski definition) is 4. The van der Waals surface area contributed by atoms with E-state index in [1.165, 1.54) is 0 Å². The van der Waals surface area contributed by atoms with E-state index in [1.807, 2.05) is 11.8 Å². The molecular weight excluding hydrogens is 362 g/mol. The number of sulfonamides is 1. The molecule has 0 aromatic heterocycles. The van der Waals surface area contributed by atoms with Gasteiger partial charge in [0.15, 0.2) is 0 Å². The monoisotopic (exact) mass is 393 g/mol. The lowest BCUT2D eigenvalue weighted by molar-refractivity contribution is 0.0532. The van der Waals surface area contributed by atoms with Crippen LogP contribution < -0.4 is 5.73 Å². The zero-order valence-corrected chi connectivity index (χ0v) is 17.4. The molecule has 1 atom stereocenters.